The average molecular weight is 330 g/mol. The number of hydrogen-bond acceptors (Lipinski definition) is 3. The van der Waals surface area contributed by atoms with Gasteiger partial charge in [-0.15, -0.1) is 0 Å². The Labute approximate surface area is 142 Å². The Hall–Kier alpha value is -2.27. The van der Waals surface area contributed by atoms with Crippen LogP contribution in [0.15, 0.2) is 48.7 Å². The molecule has 0 aliphatic carbocycles. The Kier molecular flexibility index (Phi) is 6.88. The van der Waals surface area contributed by atoms with Crippen LogP contribution in [0.5, 0.6) is 0 Å². The molecule has 0 fully saturated rings. The lowest BCUT2D eigenvalue weighted by molar-refractivity contribution is -0.132. The number of rotatable bonds is 8. The zero-order chi connectivity index (χ0) is 17.4. The van der Waals surface area contributed by atoms with Gasteiger partial charge in [-0.05, 0) is 29.7 Å². The maximum atomic E-state index is 13.9. The fraction of sp³-hybridized carbons (Fsp3) is 0.368. The van der Waals surface area contributed by atoms with Crippen LogP contribution in [0, 0.1) is 5.82 Å². The van der Waals surface area contributed by atoms with E-state index in [0.717, 1.165) is 5.69 Å². The van der Waals surface area contributed by atoms with Crippen molar-refractivity contribution in [2.45, 2.75) is 25.8 Å². The summed E-state index contributed by atoms with van der Waals surface area (Å²) in [5.41, 5.74) is 1.39. The summed E-state index contributed by atoms with van der Waals surface area (Å²) < 4.78 is 19.0. The predicted octanol–water partition coefficient (Wildman–Crippen LogP) is 3.39. The van der Waals surface area contributed by atoms with Crippen molar-refractivity contribution >= 4 is 5.91 Å². The van der Waals surface area contributed by atoms with Crippen LogP contribution in [0.4, 0.5) is 4.39 Å². The Morgan fingerprint density at radius 3 is 2.67 bits per heavy atom. The highest BCUT2D eigenvalue weighted by molar-refractivity contribution is 5.77. The van der Waals surface area contributed by atoms with Crippen molar-refractivity contribution in [3.05, 3.63) is 65.7 Å². The minimum atomic E-state index is -0.272. The minimum Gasteiger partial charge on any atom is -0.383 e. The third-order valence-corrected chi connectivity index (χ3v) is 3.91. The maximum absolute atomic E-state index is 13.9. The Morgan fingerprint density at radius 2 is 2.00 bits per heavy atom. The summed E-state index contributed by atoms with van der Waals surface area (Å²) in [4.78, 5) is 18.6. The highest BCUT2D eigenvalue weighted by Gasteiger charge is 2.20. The van der Waals surface area contributed by atoms with E-state index in [1.165, 1.54) is 6.07 Å². The van der Waals surface area contributed by atoms with Gasteiger partial charge in [-0.1, -0.05) is 31.2 Å². The van der Waals surface area contributed by atoms with Gasteiger partial charge >= 0.3 is 0 Å². The summed E-state index contributed by atoms with van der Waals surface area (Å²) >= 11 is 0. The van der Waals surface area contributed by atoms with Gasteiger partial charge in [-0.3, -0.25) is 9.78 Å². The molecule has 2 aromatic rings. The third kappa shape index (κ3) is 5.13. The molecule has 1 aromatic heterocycles. The summed E-state index contributed by atoms with van der Waals surface area (Å²) in [6.07, 6.45) is 1.95. The second-order valence-corrected chi connectivity index (χ2v) is 5.76. The normalized spacial score (nSPS) is 12.0. The van der Waals surface area contributed by atoms with E-state index in [9.17, 15) is 9.18 Å². The van der Waals surface area contributed by atoms with Crippen molar-refractivity contribution in [1.29, 1.82) is 0 Å². The number of halogens is 1. The molecule has 1 atom stereocenters. The van der Waals surface area contributed by atoms with Crippen LogP contribution in [0.25, 0.3) is 0 Å². The lowest BCUT2D eigenvalue weighted by Crippen LogP contribution is -2.34. The summed E-state index contributed by atoms with van der Waals surface area (Å²) in [5, 5.41) is 0. The van der Waals surface area contributed by atoms with Crippen LogP contribution in [-0.2, 0) is 16.1 Å². The first-order valence-electron chi connectivity index (χ1n) is 8.03. The minimum absolute atomic E-state index is 0.0338. The molecule has 0 unspecified atom stereocenters. The Morgan fingerprint density at radius 1 is 1.25 bits per heavy atom. The van der Waals surface area contributed by atoms with E-state index < -0.39 is 0 Å². The first-order chi connectivity index (χ1) is 11.6. The van der Waals surface area contributed by atoms with Crippen LogP contribution >= 0.6 is 0 Å². The van der Waals surface area contributed by atoms with Gasteiger partial charge in [0.2, 0.25) is 5.91 Å². The number of ether oxygens (including phenoxy) is 1. The van der Waals surface area contributed by atoms with Crippen molar-refractivity contribution < 1.29 is 13.9 Å². The smallest absolute Gasteiger partial charge is 0.223 e. The zero-order valence-electron chi connectivity index (χ0n) is 14.1. The quantitative estimate of drug-likeness (QED) is 0.745. The standard InChI is InChI=1S/C19H23FN2O2/c1-15(17-8-3-4-9-18(17)20)13-19(23)22(11-12-24-2)14-16-7-5-6-10-21-16/h3-10,15H,11-14H2,1-2H3/t15-/m1/s1. The molecule has 128 valence electrons. The summed E-state index contributed by atoms with van der Waals surface area (Å²) in [7, 11) is 1.60. The molecular weight excluding hydrogens is 307 g/mol. The number of benzene rings is 1. The Balaban J connectivity index is 2.05. The molecule has 2 rings (SSSR count). The van der Waals surface area contributed by atoms with Crippen LogP contribution in [0.3, 0.4) is 0 Å². The second-order valence-electron chi connectivity index (χ2n) is 5.76. The van der Waals surface area contributed by atoms with E-state index in [1.807, 2.05) is 25.1 Å². The van der Waals surface area contributed by atoms with E-state index in [-0.39, 0.29) is 24.1 Å². The number of amides is 1. The molecule has 0 saturated heterocycles. The number of hydrogen-bond donors (Lipinski definition) is 0. The van der Waals surface area contributed by atoms with E-state index in [2.05, 4.69) is 4.98 Å². The number of pyridine rings is 1. The second kappa shape index (κ2) is 9.13. The van der Waals surface area contributed by atoms with Gasteiger partial charge in [0.15, 0.2) is 0 Å². The fourth-order valence-electron chi connectivity index (χ4n) is 2.56. The largest absolute Gasteiger partial charge is 0.383 e. The predicted molar refractivity (Wildman–Crippen MR) is 91.0 cm³/mol. The molecule has 0 saturated carbocycles. The van der Waals surface area contributed by atoms with Crippen LogP contribution in [-0.4, -0.2) is 36.1 Å². The SMILES string of the molecule is COCCN(Cc1ccccn1)C(=O)C[C@@H](C)c1ccccc1F. The molecule has 0 bridgehead atoms. The highest BCUT2D eigenvalue weighted by atomic mass is 19.1. The zero-order valence-corrected chi connectivity index (χ0v) is 14.1. The summed E-state index contributed by atoms with van der Waals surface area (Å²) in [6.45, 7) is 3.22. The summed E-state index contributed by atoms with van der Waals surface area (Å²) in [6, 6.07) is 12.2. The highest BCUT2D eigenvalue weighted by Crippen LogP contribution is 2.23. The van der Waals surface area contributed by atoms with Crippen molar-refractivity contribution in [2.75, 3.05) is 20.3 Å². The van der Waals surface area contributed by atoms with Gasteiger partial charge in [-0.25, -0.2) is 4.39 Å². The van der Waals surface area contributed by atoms with Gasteiger partial charge in [0, 0.05) is 26.3 Å². The molecule has 0 N–H and O–H groups in total. The van der Waals surface area contributed by atoms with E-state index in [4.69, 9.17) is 4.74 Å². The summed E-state index contributed by atoms with van der Waals surface area (Å²) in [5.74, 6) is -0.494. The lowest BCUT2D eigenvalue weighted by atomic mass is 9.96. The number of carbonyl (C=O) groups excluding carboxylic acids is 1. The average Bonchev–Trinajstić information content (AvgIpc) is 2.59. The molecule has 0 aliphatic rings. The molecule has 1 aromatic carbocycles. The maximum Gasteiger partial charge on any atom is 0.223 e. The van der Waals surface area contributed by atoms with Gasteiger partial charge in [0.25, 0.3) is 0 Å². The van der Waals surface area contributed by atoms with Crippen molar-refractivity contribution in [3.63, 3.8) is 0 Å². The lowest BCUT2D eigenvalue weighted by Gasteiger charge is -2.24. The number of aromatic nitrogens is 1. The molecule has 5 heteroatoms. The molecule has 0 aliphatic heterocycles. The molecule has 24 heavy (non-hydrogen) atoms. The van der Waals surface area contributed by atoms with Crippen molar-refractivity contribution in [2.24, 2.45) is 0 Å². The Bertz CT molecular complexity index is 649. The molecule has 1 heterocycles. The van der Waals surface area contributed by atoms with Gasteiger partial charge in [0.1, 0.15) is 5.82 Å². The topological polar surface area (TPSA) is 42.4 Å². The molecule has 0 radical (unpaired) electrons. The third-order valence-electron chi connectivity index (χ3n) is 3.91. The number of carbonyl (C=O) groups is 1. The van der Waals surface area contributed by atoms with Crippen molar-refractivity contribution in [3.8, 4) is 0 Å². The van der Waals surface area contributed by atoms with Crippen molar-refractivity contribution in [1.82, 2.24) is 9.88 Å². The van der Waals surface area contributed by atoms with Crippen LogP contribution < -0.4 is 0 Å². The van der Waals surface area contributed by atoms with Gasteiger partial charge < -0.3 is 9.64 Å². The molecule has 4 nitrogen and oxygen atoms in total. The van der Waals surface area contributed by atoms with E-state index in [0.29, 0.717) is 25.3 Å². The first-order valence-corrected chi connectivity index (χ1v) is 8.03. The first kappa shape index (κ1) is 18.1. The molecular formula is C19H23FN2O2. The van der Waals surface area contributed by atoms with Crippen LogP contribution in [0.2, 0.25) is 0 Å². The van der Waals surface area contributed by atoms with Crippen LogP contribution in [0.1, 0.15) is 30.5 Å². The molecule has 0 spiro atoms. The van der Waals surface area contributed by atoms with Gasteiger partial charge in [0.05, 0.1) is 18.8 Å². The van der Waals surface area contributed by atoms with E-state index >= 15 is 0 Å². The monoisotopic (exact) mass is 330 g/mol. The fourth-order valence-corrected chi connectivity index (χ4v) is 2.56. The van der Waals surface area contributed by atoms with E-state index in [1.54, 1.807) is 36.4 Å². The molecule has 1 amide bonds. The number of methoxy groups -OCH3 is 1. The number of nitrogens with zero attached hydrogens (tertiary/aromatic N) is 2. The van der Waals surface area contributed by atoms with Gasteiger partial charge in [-0.2, -0.15) is 0 Å².